The number of amides is 1. The number of carbonyl (C=O) groups is 1. The molecular weight excluding hydrogens is 260 g/mol. The van der Waals surface area contributed by atoms with Crippen LogP contribution >= 0.6 is 0 Å². The summed E-state index contributed by atoms with van der Waals surface area (Å²) in [6, 6.07) is 3.46. The highest BCUT2D eigenvalue weighted by atomic mass is 16.5. The van der Waals surface area contributed by atoms with Crippen LogP contribution in [0.5, 0.6) is 5.88 Å². The van der Waals surface area contributed by atoms with Gasteiger partial charge in [0, 0.05) is 19.2 Å². The molecule has 0 radical (unpaired) electrons. The maximum atomic E-state index is 12.0. The van der Waals surface area contributed by atoms with Crippen LogP contribution in [0.15, 0.2) is 18.3 Å². The molecule has 1 aliphatic heterocycles. The van der Waals surface area contributed by atoms with Gasteiger partial charge in [0.1, 0.15) is 5.69 Å². The van der Waals surface area contributed by atoms with Crippen molar-refractivity contribution in [1.29, 1.82) is 0 Å². The number of hydrogen-bond donors (Lipinski definition) is 1. The van der Waals surface area contributed by atoms with Gasteiger partial charge in [-0.1, -0.05) is 0 Å². The molecule has 0 saturated carbocycles. The minimum absolute atomic E-state index is 0.120. The van der Waals surface area contributed by atoms with Crippen molar-refractivity contribution in [2.24, 2.45) is 0 Å². The number of fused-ring (bicyclic) bond motifs is 1. The molecule has 20 heavy (non-hydrogen) atoms. The number of ether oxygens (including phenoxy) is 2. The Morgan fingerprint density at radius 3 is 3.25 bits per heavy atom. The number of rotatable bonds is 4. The lowest BCUT2D eigenvalue weighted by Gasteiger charge is -2.09. The van der Waals surface area contributed by atoms with Gasteiger partial charge in [-0.05, 0) is 18.9 Å². The minimum atomic E-state index is -0.218. The van der Waals surface area contributed by atoms with Crippen LogP contribution in [-0.2, 0) is 4.74 Å². The van der Waals surface area contributed by atoms with E-state index < -0.39 is 0 Å². The predicted molar refractivity (Wildman–Crippen MR) is 70.8 cm³/mol. The zero-order valence-electron chi connectivity index (χ0n) is 11.2. The van der Waals surface area contributed by atoms with Gasteiger partial charge in [0.05, 0.1) is 19.4 Å². The molecule has 0 aliphatic carbocycles. The molecular formula is C13H16N4O3. The van der Waals surface area contributed by atoms with E-state index in [9.17, 15) is 4.79 Å². The molecule has 7 nitrogen and oxygen atoms in total. The van der Waals surface area contributed by atoms with E-state index in [-0.39, 0.29) is 12.0 Å². The van der Waals surface area contributed by atoms with Crippen molar-refractivity contribution in [3.8, 4) is 5.88 Å². The van der Waals surface area contributed by atoms with Gasteiger partial charge in [-0.2, -0.15) is 0 Å². The zero-order valence-corrected chi connectivity index (χ0v) is 11.2. The molecule has 106 valence electrons. The normalized spacial score (nSPS) is 18.4. The van der Waals surface area contributed by atoms with Crippen molar-refractivity contribution in [1.82, 2.24) is 19.9 Å². The summed E-state index contributed by atoms with van der Waals surface area (Å²) < 4.78 is 12.0. The van der Waals surface area contributed by atoms with Gasteiger partial charge in [-0.15, -0.1) is 5.10 Å². The molecule has 0 aromatic carbocycles. The lowest BCUT2D eigenvalue weighted by atomic mass is 10.2. The Kier molecular flexibility index (Phi) is 3.51. The van der Waals surface area contributed by atoms with Crippen LogP contribution in [0.2, 0.25) is 0 Å². The summed E-state index contributed by atoms with van der Waals surface area (Å²) in [6.45, 7) is 1.29. The summed E-state index contributed by atoms with van der Waals surface area (Å²) in [4.78, 5) is 16.2. The number of aromatic nitrogens is 3. The van der Waals surface area contributed by atoms with Crippen molar-refractivity contribution in [2.45, 2.75) is 18.9 Å². The largest absolute Gasteiger partial charge is 0.480 e. The molecule has 1 amide bonds. The molecule has 1 N–H and O–H groups in total. The Balaban J connectivity index is 1.70. The lowest BCUT2D eigenvalue weighted by molar-refractivity contribution is 0.0854. The standard InChI is InChI=1S/C13H16N4O3/c1-19-12-5-4-11-15-10(8-17(11)16-12)13(18)14-7-9-3-2-6-20-9/h4-5,8-9H,2-3,6-7H2,1H3,(H,14,18). The third kappa shape index (κ3) is 2.57. The molecule has 3 rings (SSSR count). The van der Waals surface area contributed by atoms with E-state index in [0.29, 0.717) is 23.8 Å². The van der Waals surface area contributed by atoms with Crippen molar-refractivity contribution >= 4 is 11.6 Å². The summed E-state index contributed by atoms with van der Waals surface area (Å²) in [6.07, 6.45) is 3.75. The molecule has 3 heterocycles. The highest BCUT2D eigenvalue weighted by Gasteiger charge is 2.18. The Hall–Kier alpha value is -2.15. The van der Waals surface area contributed by atoms with Crippen LogP contribution in [0.4, 0.5) is 0 Å². The predicted octanol–water partition coefficient (Wildman–Crippen LogP) is 0.647. The first-order valence-electron chi connectivity index (χ1n) is 6.56. The first-order chi connectivity index (χ1) is 9.76. The molecule has 2 aromatic rings. The molecule has 1 aliphatic rings. The Morgan fingerprint density at radius 2 is 2.50 bits per heavy atom. The third-order valence-corrected chi connectivity index (χ3v) is 3.25. The van der Waals surface area contributed by atoms with Crippen molar-refractivity contribution in [2.75, 3.05) is 20.3 Å². The molecule has 1 unspecified atom stereocenters. The third-order valence-electron chi connectivity index (χ3n) is 3.25. The van der Waals surface area contributed by atoms with Crippen LogP contribution in [0, 0.1) is 0 Å². The van der Waals surface area contributed by atoms with Gasteiger partial charge in [-0.3, -0.25) is 4.79 Å². The van der Waals surface area contributed by atoms with Crippen LogP contribution < -0.4 is 10.1 Å². The topological polar surface area (TPSA) is 77.8 Å². The summed E-state index contributed by atoms with van der Waals surface area (Å²) in [5, 5.41) is 6.99. The number of nitrogens with zero attached hydrogens (tertiary/aromatic N) is 3. The Bertz CT molecular complexity index is 619. The van der Waals surface area contributed by atoms with Crippen LogP contribution in [0.3, 0.4) is 0 Å². The summed E-state index contributed by atoms with van der Waals surface area (Å²) in [7, 11) is 1.54. The Morgan fingerprint density at radius 1 is 1.60 bits per heavy atom. The second kappa shape index (κ2) is 5.46. The van der Waals surface area contributed by atoms with E-state index in [4.69, 9.17) is 9.47 Å². The van der Waals surface area contributed by atoms with E-state index >= 15 is 0 Å². The van der Waals surface area contributed by atoms with E-state index in [1.807, 2.05) is 0 Å². The van der Waals surface area contributed by atoms with Crippen LogP contribution in [-0.4, -0.2) is 46.9 Å². The molecule has 1 saturated heterocycles. The smallest absolute Gasteiger partial charge is 0.271 e. The maximum Gasteiger partial charge on any atom is 0.271 e. The number of carbonyl (C=O) groups excluding carboxylic acids is 1. The first-order valence-corrected chi connectivity index (χ1v) is 6.56. The fraction of sp³-hybridized carbons (Fsp3) is 0.462. The average Bonchev–Trinajstić information content (AvgIpc) is 3.12. The van der Waals surface area contributed by atoms with E-state index in [0.717, 1.165) is 19.4 Å². The number of nitrogens with one attached hydrogen (secondary N) is 1. The fourth-order valence-corrected chi connectivity index (χ4v) is 2.19. The maximum absolute atomic E-state index is 12.0. The van der Waals surface area contributed by atoms with Gasteiger partial charge in [-0.25, -0.2) is 9.50 Å². The van der Waals surface area contributed by atoms with Crippen molar-refractivity contribution < 1.29 is 14.3 Å². The van der Waals surface area contributed by atoms with Crippen molar-refractivity contribution in [3.05, 3.63) is 24.0 Å². The Labute approximate surface area is 115 Å². The van der Waals surface area contributed by atoms with E-state index in [2.05, 4.69) is 15.4 Å². The summed E-state index contributed by atoms with van der Waals surface area (Å²) in [5.41, 5.74) is 0.941. The molecule has 2 aromatic heterocycles. The second-order valence-corrected chi connectivity index (χ2v) is 4.65. The minimum Gasteiger partial charge on any atom is -0.480 e. The van der Waals surface area contributed by atoms with Gasteiger partial charge < -0.3 is 14.8 Å². The van der Waals surface area contributed by atoms with Crippen LogP contribution in [0.1, 0.15) is 23.3 Å². The SMILES string of the molecule is COc1ccc2nc(C(=O)NCC3CCCO3)cn2n1. The summed E-state index contributed by atoms with van der Waals surface area (Å²) >= 11 is 0. The number of hydrogen-bond acceptors (Lipinski definition) is 5. The molecule has 0 spiro atoms. The van der Waals surface area contributed by atoms with Crippen molar-refractivity contribution in [3.63, 3.8) is 0 Å². The average molecular weight is 276 g/mol. The highest BCUT2D eigenvalue weighted by Crippen LogP contribution is 2.12. The van der Waals surface area contributed by atoms with Gasteiger partial charge in [0.15, 0.2) is 5.65 Å². The molecule has 7 heteroatoms. The monoisotopic (exact) mass is 276 g/mol. The molecule has 0 bridgehead atoms. The number of methoxy groups -OCH3 is 1. The van der Waals surface area contributed by atoms with Gasteiger partial charge in [0.25, 0.3) is 5.91 Å². The van der Waals surface area contributed by atoms with E-state index in [1.54, 1.807) is 25.4 Å². The molecule has 1 atom stereocenters. The molecule has 1 fully saturated rings. The quantitative estimate of drug-likeness (QED) is 0.887. The van der Waals surface area contributed by atoms with Gasteiger partial charge in [0.2, 0.25) is 5.88 Å². The lowest BCUT2D eigenvalue weighted by Crippen LogP contribution is -2.31. The number of imidazole rings is 1. The zero-order chi connectivity index (χ0) is 13.9. The second-order valence-electron chi connectivity index (χ2n) is 4.65. The van der Waals surface area contributed by atoms with E-state index in [1.165, 1.54) is 4.52 Å². The first kappa shape index (κ1) is 12.9. The fourth-order valence-electron chi connectivity index (χ4n) is 2.19. The highest BCUT2D eigenvalue weighted by molar-refractivity contribution is 5.92. The van der Waals surface area contributed by atoms with Crippen LogP contribution in [0.25, 0.3) is 5.65 Å². The summed E-state index contributed by atoms with van der Waals surface area (Å²) in [5.74, 6) is 0.256. The van der Waals surface area contributed by atoms with Gasteiger partial charge >= 0.3 is 0 Å².